The van der Waals surface area contributed by atoms with E-state index in [9.17, 15) is 0 Å². The van der Waals surface area contributed by atoms with Gasteiger partial charge in [-0.15, -0.1) is 0 Å². The summed E-state index contributed by atoms with van der Waals surface area (Å²) in [5.41, 5.74) is 1.92. The van der Waals surface area contributed by atoms with E-state index in [1.807, 2.05) is 30.3 Å². The molecular formula is C19H19Cl2N5O. The van der Waals surface area contributed by atoms with Crippen LogP contribution in [0.15, 0.2) is 47.2 Å². The van der Waals surface area contributed by atoms with Crippen LogP contribution in [-0.2, 0) is 13.1 Å². The minimum atomic E-state index is 0.576. The first-order valence-electron chi connectivity index (χ1n) is 8.79. The van der Waals surface area contributed by atoms with E-state index in [-0.39, 0.29) is 0 Å². The fraction of sp³-hybridized carbons (Fsp3) is 0.316. The molecule has 0 bridgehead atoms. The first kappa shape index (κ1) is 18.4. The molecule has 1 aliphatic heterocycles. The minimum absolute atomic E-state index is 0.576. The third-order valence-corrected chi connectivity index (χ3v) is 5.50. The predicted molar refractivity (Wildman–Crippen MR) is 105 cm³/mol. The number of pyridine rings is 1. The second kappa shape index (κ2) is 8.35. The molecule has 6 nitrogen and oxygen atoms in total. The highest BCUT2D eigenvalue weighted by atomic mass is 35.5. The van der Waals surface area contributed by atoms with Crippen molar-refractivity contribution in [2.75, 3.05) is 26.2 Å². The highest BCUT2D eigenvalue weighted by Crippen LogP contribution is 2.26. The average Bonchev–Trinajstić information content (AvgIpc) is 3.16. The van der Waals surface area contributed by atoms with Gasteiger partial charge in [0.25, 0.3) is 0 Å². The van der Waals surface area contributed by atoms with E-state index in [1.54, 1.807) is 12.4 Å². The van der Waals surface area contributed by atoms with Crippen LogP contribution in [0.2, 0.25) is 10.0 Å². The van der Waals surface area contributed by atoms with Crippen molar-refractivity contribution in [2.24, 2.45) is 0 Å². The van der Waals surface area contributed by atoms with Crippen molar-refractivity contribution in [3.05, 3.63) is 64.2 Å². The van der Waals surface area contributed by atoms with Gasteiger partial charge in [0.15, 0.2) is 0 Å². The topological polar surface area (TPSA) is 58.3 Å². The molecule has 1 saturated heterocycles. The first-order chi connectivity index (χ1) is 13.2. The highest BCUT2D eigenvalue weighted by molar-refractivity contribution is 6.42. The molecule has 1 aliphatic rings. The van der Waals surface area contributed by atoms with Gasteiger partial charge in [-0.1, -0.05) is 40.5 Å². The number of hydrogen-bond acceptors (Lipinski definition) is 6. The van der Waals surface area contributed by atoms with Crippen LogP contribution in [0.4, 0.5) is 0 Å². The molecule has 0 N–H and O–H groups in total. The normalized spacial score (nSPS) is 15.9. The number of halogens is 2. The summed E-state index contributed by atoms with van der Waals surface area (Å²) in [7, 11) is 0. The molecule has 2 aromatic heterocycles. The quantitative estimate of drug-likeness (QED) is 0.646. The number of aromatic nitrogens is 3. The molecule has 3 heterocycles. The van der Waals surface area contributed by atoms with Gasteiger partial charge < -0.3 is 4.52 Å². The van der Waals surface area contributed by atoms with Crippen LogP contribution in [-0.4, -0.2) is 51.1 Å². The van der Waals surface area contributed by atoms with Crippen molar-refractivity contribution < 1.29 is 4.52 Å². The number of piperazine rings is 1. The molecule has 8 heteroatoms. The Morgan fingerprint density at radius 3 is 2.48 bits per heavy atom. The van der Waals surface area contributed by atoms with Crippen LogP contribution in [0.25, 0.3) is 11.4 Å². The van der Waals surface area contributed by atoms with Gasteiger partial charge in [0, 0.05) is 50.7 Å². The first-order valence-corrected chi connectivity index (χ1v) is 9.55. The molecular weight excluding hydrogens is 385 g/mol. The Morgan fingerprint density at radius 2 is 1.74 bits per heavy atom. The molecule has 3 aromatic rings. The van der Waals surface area contributed by atoms with E-state index in [2.05, 4.69) is 24.9 Å². The number of nitrogens with zero attached hydrogens (tertiary/aromatic N) is 5. The number of hydrogen-bond donors (Lipinski definition) is 0. The summed E-state index contributed by atoms with van der Waals surface area (Å²) >= 11 is 12.4. The largest absolute Gasteiger partial charge is 0.338 e. The van der Waals surface area contributed by atoms with Crippen molar-refractivity contribution in [1.82, 2.24) is 24.9 Å². The number of benzene rings is 1. The van der Waals surface area contributed by atoms with Crippen LogP contribution in [0.1, 0.15) is 11.5 Å². The lowest BCUT2D eigenvalue weighted by Crippen LogP contribution is -2.45. The van der Waals surface area contributed by atoms with E-state index in [1.165, 1.54) is 0 Å². The third-order valence-electron chi connectivity index (χ3n) is 4.64. The molecule has 140 valence electrons. The monoisotopic (exact) mass is 403 g/mol. The summed E-state index contributed by atoms with van der Waals surface area (Å²) in [5, 5.41) is 5.30. The summed E-state index contributed by atoms with van der Waals surface area (Å²) in [6, 6.07) is 9.56. The zero-order valence-corrected chi connectivity index (χ0v) is 16.2. The van der Waals surface area contributed by atoms with Crippen molar-refractivity contribution in [2.45, 2.75) is 13.1 Å². The molecule has 0 saturated carbocycles. The Hall–Kier alpha value is -1.99. The van der Waals surface area contributed by atoms with Gasteiger partial charge in [-0.2, -0.15) is 4.98 Å². The second-order valence-corrected chi connectivity index (χ2v) is 7.30. The van der Waals surface area contributed by atoms with E-state index >= 15 is 0 Å². The molecule has 27 heavy (non-hydrogen) atoms. The zero-order valence-electron chi connectivity index (χ0n) is 14.7. The van der Waals surface area contributed by atoms with Crippen LogP contribution >= 0.6 is 23.2 Å². The van der Waals surface area contributed by atoms with Gasteiger partial charge in [-0.05, 0) is 23.8 Å². The average molecular weight is 404 g/mol. The molecule has 1 fully saturated rings. The fourth-order valence-electron chi connectivity index (χ4n) is 3.14. The third kappa shape index (κ3) is 4.47. The Bertz CT molecular complexity index is 894. The summed E-state index contributed by atoms with van der Waals surface area (Å²) < 4.78 is 5.40. The van der Waals surface area contributed by atoms with Crippen molar-refractivity contribution >= 4 is 23.2 Å². The van der Waals surface area contributed by atoms with Crippen molar-refractivity contribution in [3.63, 3.8) is 0 Å². The Morgan fingerprint density at radius 1 is 0.963 bits per heavy atom. The molecule has 4 rings (SSSR count). The van der Waals surface area contributed by atoms with E-state index in [0.717, 1.165) is 43.9 Å². The lowest BCUT2D eigenvalue weighted by atomic mass is 10.2. The van der Waals surface area contributed by atoms with E-state index in [0.29, 0.717) is 28.3 Å². The summed E-state index contributed by atoms with van der Waals surface area (Å²) in [5.74, 6) is 1.20. The lowest BCUT2D eigenvalue weighted by Gasteiger charge is -2.34. The van der Waals surface area contributed by atoms with Gasteiger partial charge >= 0.3 is 0 Å². The lowest BCUT2D eigenvalue weighted by molar-refractivity contribution is 0.112. The highest BCUT2D eigenvalue weighted by Gasteiger charge is 2.20. The van der Waals surface area contributed by atoms with Crippen LogP contribution in [0.5, 0.6) is 0 Å². The Labute approximate surface area is 167 Å². The maximum absolute atomic E-state index is 6.30. The van der Waals surface area contributed by atoms with Crippen LogP contribution in [0, 0.1) is 0 Å². The summed E-state index contributed by atoms with van der Waals surface area (Å²) in [6.45, 7) is 5.22. The van der Waals surface area contributed by atoms with Gasteiger partial charge in [0.2, 0.25) is 11.7 Å². The van der Waals surface area contributed by atoms with Crippen LogP contribution < -0.4 is 0 Å². The SMILES string of the molecule is Clc1cccc(CN2CCN(Cc3nc(-c4cccnc4)no3)CC2)c1Cl. The van der Waals surface area contributed by atoms with Gasteiger partial charge in [-0.25, -0.2) is 0 Å². The second-order valence-electron chi connectivity index (χ2n) is 6.52. The standard InChI is InChI=1S/C19H19Cl2N5O/c20-16-5-1-3-15(18(16)21)12-25-7-9-26(10-8-25)13-17-23-19(24-27-17)14-4-2-6-22-11-14/h1-6,11H,7-10,12-13H2. The maximum atomic E-state index is 6.30. The Balaban J connectivity index is 1.31. The molecule has 0 radical (unpaired) electrons. The predicted octanol–water partition coefficient (Wildman–Crippen LogP) is 3.76. The van der Waals surface area contributed by atoms with E-state index < -0.39 is 0 Å². The molecule has 0 unspecified atom stereocenters. The molecule has 0 aliphatic carbocycles. The van der Waals surface area contributed by atoms with Gasteiger partial charge in [0.05, 0.1) is 16.6 Å². The molecule has 0 amide bonds. The molecule has 0 spiro atoms. The molecule has 0 atom stereocenters. The van der Waals surface area contributed by atoms with Gasteiger partial charge in [0.1, 0.15) is 0 Å². The minimum Gasteiger partial charge on any atom is -0.338 e. The Kier molecular flexibility index (Phi) is 5.69. The smallest absolute Gasteiger partial charge is 0.241 e. The van der Waals surface area contributed by atoms with E-state index in [4.69, 9.17) is 27.7 Å². The summed E-state index contributed by atoms with van der Waals surface area (Å²) in [4.78, 5) is 13.3. The fourth-order valence-corrected chi connectivity index (χ4v) is 3.52. The summed E-state index contributed by atoms with van der Waals surface area (Å²) in [6.07, 6.45) is 3.45. The zero-order chi connectivity index (χ0) is 18.6. The maximum Gasteiger partial charge on any atom is 0.241 e. The number of rotatable bonds is 5. The van der Waals surface area contributed by atoms with Gasteiger partial charge in [-0.3, -0.25) is 14.8 Å². The van der Waals surface area contributed by atoms with Crippen molar-refractivity contribution in [3.8, 4) is 11.4 Å². The molecule has 1 aromatic carbocycles. The van der Waals surface area contributed by atoms with Crippen LogP contribution in [0.3, 0.4) is 0 Å². The van der Waals surface area contributed by atoms with Crippen molar-refractivity contribution in [1.29, 1.82) is 0 Å².